The van der Waals surface area contributed by atoms with Gasteiger partial charge in [-0.15, -0.1) is 5.10 Å². The van der Waals surface area contributed by atoms with Crippen molar-refractivity contribution < 1.29 is 19.1 Å². The lowest BCUT2D eigenvalue weighted by atomic mass is 10.1. The van der Waals surface area contributed by atoms with Gasteiger partial charge in [0.2, 0.25) is 16.7 Å². The van der Waals surface area contributed by atoms with Gasteiger partial charge in [-0.1, -0.05) is 29.8 Å². The Morgan fingerprint density at radius 3 is 2.61 bits per heavy atom. The first-order chi connectivity index (χ1) is 14.8. The standard InChI is InChI=1S/C21H19ClN4O4S/c1-13(27)23-20-24-26(14(2)28)21(31-20)17-12-15(22)8-9-18(17)25(19(21)29)10-11-30-16-6-4-3-5-7-16/h3-9,12H,10-11H2,1-2H3,(H,23,24,27)/t21-/m1/s1. The van der Waals surface area contributed by atoms with Crippen molar-refractivity contribution in [3.05, 3.63) is 59.1 Å². The van der Waals surface area contributed by atoms with E-state index in [4.69, 9.17) is 16.3 Å². The zero-order valence-electron chi connectivity index (χ0n) is 16.8. The molecule has 0 saturated heterocycles. The maximum atomic E-state index is 13.7. The average molecular weight is 459 g/mol. The van der Waals surface area contributed by atoms with E-state index in [1.165, 1.54) is 13.8 Å². The molecule has 2 aromatic carbocycles. The van der Waals surface area contributed by atoms with Crippen molar-refractivity contribution in [2.75, 3.05) is 18.1 Å². The van der Waals surface area contributed by atoms with Gasteiger partial charge in [0.05, 0.1) is 12.2 Å². The minimum absolute atomic E-state index is 0.171. The van der Waals surface area contributed by atoms with Gasteiger partial charge >= 0.3 is 0 Å². The molecule has 3 amide bonds. The Morgan fingerprint density at radius 2 is 1.94 bits per heavy atom. The van der Waals surface area contributed by atoms with Crippen LogP contribution in [-0.2, 0) is 19.3 Å². The number of amides is 3. The molecule has 0 radical (unpaired) electrons. The molecule has 1 spiro atoms. The molecule has 1 N–H and O–H groups in total. The number of nitrogens with zero attached hydrogens (tertiary/aromatic N) is 3. The van der Waals surface area contributed by atoms with Crippen LogP contribution >= 0.6 is 23.4 Å². The van der Waals surface area contributed by atoms with Crippen molar-refractivity contribution in [1.29, 1.82) is 0 Å². The van der Waals surface area contributed by atoms with E-state index in [9.17, 15) is 14.4 Å². The van der Waals surface area contributed by atoms with E-state index in [2.05, 4.69) is 10.4 Å². The third-order valence-electron chi connectivity index (χ3n) is 4.79. The second kappa shape index (κ2) is 8.24. The van der Waals surface area contributed by atoms with Crippen molar-refractivity contribution in [2.45, 2.75) is 18.7 Å². The zero-order chi connectivity index (χ0) is 22.2. The Labute approximate surface area is 188 Å². The summed E-state index contributed by atoms with van der Waals surface area (Å²) in [4.78, 5) is 37.8. The molecule has 0 aromatic heterocycles. The Morgan fingerprint density at radius 1 is 1.19 bits per heavy atom. The molecule has 31 heavy (non-hydrogen) atoms. The van der Waals surface area contributed by atoms with Crippen LogP contribution in [0.2, 0.25) is 5.02 Å². The molecule has 2 aliphatic heterocycles. The van der Waals surface area contributed by atoms with Gasteiger partial charge in [-0.05, 0) is 42.1 Å². The van der Waals surface area contributed by atoms with Crippen LogP contribution in [0, 0.1) is 0 Å². The predicted octanol–water partition coefficient (Wildman–Crippen LogP) is 2.92. The van der Waals surface area contributed by atoms with Crippen LogP contribution in [0.1, 0.15) is 19.4 Å². The van der Waals surface area contributed by atoms with Crippen molar-refractivity contribution in [2.24, 2.45) is 5.10 Å². The molecule has 2 aliphatic rings. The minimum atomic E-state index is -1.48. The Bertz CT molecular complexity index is 1090. The number of para-hydroxylation sites is 1. The first-order valence-corrected chi connectivity index (χ1v) is 10.7. The zero-order valence-corrected chi connectivity index (χ0v) is 18.4. The van der Waals surface area contributed by atoms with Gasteiger partial charge in [-0.25, -0.2) is 0 Å². The number of hydrogen-bond donors (Lipinski definition) is 1. The third-order valence-corrected chi connectivity index (χ3v) is 6.27. The van der Waals surface area contributed by atoms with Gasteiger partial charge in [0, 0.05) is 24.4 Å². The highest BCUT2D eigenvalue weighted by atomic mass is 35.5. The number of carbonyl (C=O) groups is 3. The number of thioether (sulfide) groups is 1. The van der Waals surface area contributed by atoms with Gasteiger partial charge in [0.1, 0.15) is 12.4 Å². The van der Waals surface area contributed by atoms with E-state index in [-0.39, 0.29) is 30.1 Å². The number of amidine groups is 1. The van der Waals surface area contributed by atoms with E-state index in [0.717, 1.165) is 16.8 Å². The fourth-order valence-electron chi connectivity index (χ4n) is 3.58. The highest BCUT2D eigenvalue weighted by Gasteiger charge is 2.61. The van der Waals surface area contributed by atoms with Crippen LogP contribution in [0.3, 0.4) is 0 Å². The molecular weight excluding hydrogens is 440 g/mol. The van der Waals surface area contributed by atoms with E-state index in [1.54, 1.807) is 23.1 Å². The monoisotopic (exact) mass is 458 g/mol. The summed E-state index contributed by atoms with van der Waals surface area (Å²) in [6.45, 7) is 3.16. The lowest BCUT2D eigenvalue weighted by molar-refractivity contribution is -0.139. The number of carbonyl (C=O) groups excluding carboxylic acids is 3. The van der Waals surface area contributed by atoms with Gasteiger partial charge in [-0.3, -0.25) is 14.4 Å². The fraction of sp³-hybridized carbons (Fsp3) is 0.238. The number of hydrogen-bond acceptors (Lipinski definition) is 6. The normalized spacial score (nSPS) is 19.5. The number of rotatable bonds is 4. The largest absolute Gasteiger partial charge is 0.492 e. The summed E-state index contributed by atoms with van der Waals surface area (Å²) in [5.74, 6) is -0.450. The van der Waals surface area contributed by atoms with Crippen LogP contribution < -0.4 is 15.0 Å². The summed E-state index contributed by atoms with van der Waals surface area (Å²) >= 11 is 7.25. The predicted molar refractivity (Wildman–Crippen MR) is 119 cm³/mol. The average Bonchev–Trinajstić information content (AvgIpc) is 3.21. The quantitative estimate of drug-likeness (QED) is 0.760. The molecular formula is C21H19ClN4O4S. The molecule has 10 heteroatoms. The van der Waals surface area contributed by atoms with E-state index in [1.807, 2.05) is 30.3 Å². The number of benzene rings is 2. The summed E-state index contributed by atoms with van der Waals surface area (Å²) in [5, 5.41) is 8.49. The lowest BCUT2D eigenvalue weighted by Gasteiger charge is -2.29. The first-order valence-electron chi connectivity index (χ1n) is 9.49. The fourth-order valence-corrected chi connectivity index (χ4v) is 5.07. The number of anilines is 1. The Kier molecular flexibility index (Phi) is 5.63. The molecule has 160 valence electrons. The topological polar surface area (TPSA) is 91.3 Å². The van der Waals surface area contributed by atoms with E-state index >= 15 is 0 Å². The molecule has 4 rings (SSSR count). The number of hydrazone groups is 1. The molecule has 1 atom stereocenters. The summed E-state index contributed by atoms with van der Waals surface area (Å²) in [6, 6.07) is 14.4. The highest BCUT2D eigenvalue weighted by Crippen LogP contribution is 2.54. The number of nitrogens with one attached hydrogen (secondary N) is 1. The summed E-state index contributed by atoms with van der Waals surface area (Å²) in [7, 11) is 0. The van der Waals surface area contributed by atoms with E-state index < -0.39 is 10.8 Å². The maximum absolute atomic E-state index is 13.7. The minimum Gasteiger partial charge on any atom is -0.492 e. The summed E-state index contributed by atoms with van der Waals surface area (Å²) in [6.07, 6.45) is 0. The molecule has 0 aliphatic carbocycles. The highest BCUT2D eigenvalue weighted by molar-refractivity contribution is 8.15. The molecule has 0 saturated carbocycles. The molecule has 0 fully saturated rings. The van der Waals surface area contributed by atoms with Crippen molar-refractivity contribution >= 4 is 51.9 Å². The SMILES string of the molecule is CC(=O)NC1=NN(C(C)=O)[C@]2(S1)C(=O)N(CCOc1ccccc1)c1ccc(Cl)cc12. The smallest absolute Gasteiger partial charge is 0.270 e. The maximum Gasteiger partial charge on any atom is 0.270 e. The van der Waals surface area contributed by atoms with Crippen molar-refractivity contribution in [1.82, 2.24) is 10.3 Å². The number of fused-ring (bicyclic) bond motifs is 2. The van der Waals surface area contributed by atoms with Crippen molar-refractivity contribution in [3.63, 3.8) is 0 Å². The third kappa shape index (κ3) is 3.75. The van der Waals surface area contributed by atoms with Crippen LogP contribution in [0.5, 0.6) is 5.75 Å². The van der Waals surface area contributed by atoms with Crippen LogP contribution in [0.25, 0.3) is 0 Å². The molecule has 2 aromatic rings. The van der Waals surface area contributed by atoms with Gasteiger partial charge in [0.15, 0.2) is 5.17 Å². The molecule has 0 unspecified atom stereocenters. The Balaban J connectivity index is 1.68. The second-order valence-corrected chi connectivity index (χ2v) is 8.56. The van der Waals surface area contributed by atoms with Gasteiger partial charge in [-0.2, -0.15) is 5.01 Å². The van der Waals surface area contributed by atoms with Crippen LogP contribution in [-0.4, -0.2) is 41.0 Å². The second-order valence-electron chi connectivity index (χ2n) is 6.94. The molecule has 8 nitrogen and oxygen atoms in total. The van der Waals surface area contributed by atoms with Gasteiger partial charge < -0.3 is 15.0 Å². The molecule has 2 heterocycles. The summed E-state index contributed by atoms with van der Waals surface area (Å²) in [5.41, 5.74) is 1.15. The number of ether oxygens (including phenoxy) is 1. The van der Waals surface area contributed by atoms with Crippen LogP contribution in [0.4, 0.5) is 5.69 Å². The summed E-state index contributed by atoms with van der Waals surface area (Å²) < 4.78 is 5.76. The van der Waals surface area contributed by atoms with E-state index in [0.29, 0.717) is 22.0 Å². The first kappa shape index (κ1) is 21.2. The van der Waals surface area contributed by atoms with Crippen molar-refractivity contribution in [3.8, 4) is 5.75 Å². The lowest BCUT2D eigenvalue weighted by Crippen LogP contribution is -2.49. The van der Waals surface area contributed by atoms with Crippen LogP contribution in [0.15, 0.2) is 53.6 Å². The Hall–Kier alpha value is -3.04. The molecule has 0 bridgehead atoms. The van der Waals surface area contributed by atoms with Gasteiger partial charge in [0.25, 0.3) is 5.91 Å². The number of halogens is 1.